The van der Waals surface area contributed by atoms with Gasteiger partial charge in [0.25, 0.3) is 5.91 Å². The van der Waals surface area contributed by atoms with Crippen LogP contribution in [0, 0.1) is 0 Å². The summed E-state index contributed by atoms with van der Waals surface area (Å²) in [6.07, 6.45) is 0. The Labute approximate surface area is 119 Å². The summed E-state index contributed by atoms with van der Waals surface area (Å²) in [5.74, 6) is -0.354. The number of sulfonamides is 1. The summed E-state index contributed by atoms with van der Waals surface area (Å²) in [6, 6.07) is 5.08. The van der Waals surface area contributed by atoms with Crippen molar-refractivity contribution >= 4 is 15.9 Å². The zero-order valence-corrected chi connectivity index (χ0v) is 12.6. The lowest BCUT2D eigenvalue weighted by atomic mass is 10.2. The highest BCUT2D eigenvalue weighted by Crippen LogP contribution is 2.11. The fourth-order valence-electron chi connectivity index (χ4n) is 1.52. The summed E-state index contributed by atoms with van der Waals surface area (Å²) in [5.41, 5.74) is 0.341. The first kappa shape index (κ1) is 16.6. The molecule has 1 aromatic carbocycles. The lowest BCUT2D eigenvalue weighted by Gasteiger charge is -2.12. The molecule has 0 bridgehead atoms. The first-order valence-corrected chi connectivity index (χ1v) is 7.78. The second kappa shape index (κ2) is 6.83. The number of aliphatic hydroxyl groups is 1. The zero-order chi connectivity index (χ0) is 15.3. The molecule has 1 atom stereocenters. The average Bonchev–Trinajstić information content (AvgIpc) is 2.37. The number of aliphatic hydroxyl groups excluding tert-OH is 1. The largest absolute Gasteiger partial charge is 0.394 e. The maximum Gasteiger partial charge on any atom is 0.251 e. The smallest absolute Gasteiger partial charge is 0.251 e. The number of benzene rings is 1. The Morgan fingerprint density at radius 3 is 2.20 bits per heavy atom. The van der Waals surface area contributed by atoms with E-state index in [0.717, 1.165) is 0 Å². The van der Waals surface area contributed by atoms with Gasteiger partial charge in [0.15, 0.2) is 0 Å². The van der Waals surface area contributed by atoms with Crippen LogP contribution in [0.5, 0.6) is 0 Å². The van der Waals surface area contributed by atoms with E-state index in [9.17, 15) is 13.2 Å². The number of rotatable bonds is 6. The van der Waals surface area contributed by atoms with Crippen LogP contribution in [-0.2, 0) is 10.0 Å². The van der Waals surface area contributed by atoms with Gasteiger partial charge in [-0.05, 0) is 45.0 Å². The Hall–Kier alpha value is -1.44. The van der Waals surface area contributed by atoms with Crippen LogP contribution in [0.4, 0.5) is 0 Å². The SMILES string of the molecule is CC(C)NS(=O)(=O)c1ccc(C(=O)N[C@@H](C)CO)cc1. The summed E-state index contributed by atoms with van der Waals surface area (Å²) < 4.78 is 26.3. The van der Waals surface area contributed by atoms with Crippen molar-refractivity contribution in [1.82, 2.24) is 10.0 Å². The molecule has 6 nitrogen and oxygen atoms in total. The third-order valence-electron chi connectivity index (χ3n) is 2.47. The number of carbonyl (C=O) groups excluding carboxylic acids is 1. The van der Waals surface area contributed by atoms with E-state index in [2.05, 4.69) is 10.0 Å². The minimum absolute atomic E-state index is 0.109. The van der Waals surface area contributed by atoms with Gasteiger partial charge in [-0.25, -0.2) is 13.1 Å². The summed E-state index contributed by atoms with van der Waals surface area (Å²) >= 11 is 0. The van der Waals surface area contributed by atoms with Gasteiger partial charge in [0, 0.05) is 17.6 Å². The molecule has 1 rings (SSSR count). The van der Waals surface area contributed by atoms with Gasteiger partial charge in [-0.3, -0.25) is 4.79 Å². The molecule has 3 N–H and O–H groups in total. The van der Waals surface area contributed by atoms with Crippen LogP contribution >= 0.6 is 0 Å². The summed E-state index contributed by atoms with van der Waals surface area (Å²) in [4.78, 5) is 11.9. The van der Waals surface area contributed by atoms with Crippen LogP contribution in [0.3, 0.4) is 0 Å². The predicted molar refractivity (Wildman–Crippen MR) is 75.9 cm³/mol. The Balaban J connectivity index is 2.86. The van der Waals surface area contributed by atoms with Gasteiger partial charge in [-0.1, -0.05) is 0 Å². The van der Waals surface area contributed by atoms with Crippen molar-refractivity contribution in [3.05, 3.63) is 29.8 Å². The third-order valence-corrected chi connectivity index (χ3v) is 4.14. The van der Waals surface area contributed by atoms with E-state index in [0.29, 0.717) is 5.56 Å². The van der Waals surface area contributed by atoms with Crippen LogP contribution in [0.1, 0.15) is 31.1 Å². The minimum atomic E-state index is -3.55. The molecule has 0 aliphatic heterocycles. The summed E-state index contributed by atoms with van der Waals surface area (Å²) in [7, 11) is -3.55. The van der Waals surface area contributed by atoms with Crippen molar-refractivity contribution in [3.63, 3.8) is 0 Å². The van der Waals surface area contributed by atoms with E-state index in [-0.39, 0.29) is 29.5 Å². The lowest BCUT2D eigenvalue weighted by Crippen LogP contribution is -2.35. The standard InChI is InChI=1S/C13H20N2O4S/c1-9(2)15-20(18,19)12-6-4-11(5-7-12)13(17)14-10(3)8-16/h4-7,9-10,15-16H,8H2,1-3H3,(H,14,17)/t10-/m0/s1. The Bertz CT molecular complexity index is 552. The molecule has 20 heavy (non-hydrogen) atoms. The Kier molecular flexibility index (Phi) is 5.67. The second-order valence-electron chi connectivity index (χ2n) is 4.86. The van der Waals surface area contributed by atoms with Crippen molar-refractivity contribution in [3.8, 4) is 0 Å². The molecule has 1 aromatic rings. The Morgan fingerprint density at radius 2 is 1.75 bits per heavy atom. The monoisotopic (exact) mass is 300 g/mol. The van der Waals surface area contributed by atoms with Crippen LogP contribution in [0.25, 0.3) is 0 Å². The molecule has 0 aliphatic rings. The lowest BCUT2D eigenvalue weighted by molar-refractivity contribution is 0.0922. The molecule has 112 valence electrons. The maximum absolute atomic E-state index is 11.9. The molecule has 0 aliphatic carbocycles. The van der Waals surface area contributed by atoms with E-state index in [4.69, 9.17) is 5.11 Å². The number of hydrogen-bond acceptors (Lipinski definition) is 4. The highest BCUT2D eigenvalue weighted by molar-refractivity contribution is 7.89. The molecule has 7 heteroatoms. The van der Waals surface area contributed by atoms with E-state index in [1.165, 1.54) is 24.3 Å². The van der Waals surface area contributed by atoms with Gasteiger partial charge < -0.3 is 10.4 Å². The molecular formula is C13H20N2O4S. The topological polar surface area (TPSA) is 95.5 Å². The molecule has 0 radical (unpaired) electrons. The number of carbonyl (C=O) groups is 1. The number of nitrogens with one attached hydrogen (secondary N) is 2. The average molecular weight is 300 g/mol. The van der Waals surface area contributed by atoms with Gasteiger partial charge >= 0.3 is 0 Å². The van der Waals surface area contributed by atoms with Crippen LogP contribution in [0.2, 0.25) is 0 Å². The highest BCUT2D eigenvalue weighted by Gasteiger charge is 2.16. The molecular weight excluding hydrogens is 280 g/mol. The second-order valence-corrected chi connectivity index (χ2v) is 6.57. The van der Waals surface area contributed by atoms with E-state index >= 15 is 0 Å². The quantitative estimate of drug-likeness (QED) is 0.712. The fraction of sp³-hybridized carbons (Fsp3) is 0.462. The highest BCUT2D eigenvalue weighted by atomic mass is 32.2. The predicted octanol–water partition coefficient (Wildman–Crippen LogP) is 0.484. The van der Waals surface area contributed by atoms with Crippen LogP contribution in [0.15, 0.2) is 29.2 Å². The number of amides is 1. The van der Waals surface area contributed by atoms with Crippen LogP contribution in [-0.4, -0.2) is 38.1 Å². The first-order chi connectivity index (χ1) is 9.26. The minimum Gasteiger partial charge on any atom is -0.394 e. The van der Waals surface area contributed by atoms with Gasteiger partial charge in [0.1, 0.15) is 0 Å². The molecule has 0 spiro atoms. The van der Waals surface area contributed by atoms with Gasteiger partial charge in [0.2, 0.25) is 10.0 Å². The van der Waals surface area contributed by atoms with E-state index in [1.54, 1.807) is 20.8 Å². The van der Waals surface area contributed by atoms with Gasteiger partial charge in [0.05, 0.1) is 11.5 Å². The fourth-order valence-corrected chi connectivity index (χ4v) is 2.77. The van der Waals surface area contributed by atoms with Crippen LogP contribution < -0.4 is 10.0 Å². The molecule has 0 unspecified atom stereocenters. The normalized spacial score (nSPS) is 13.2. The molecule has 0 fully saturated rings. The van der Waals surface area contributed by atoms with Crippen molar-refractivity contribution in [2.75, 3.05) is 6.61 Å². The molecule has 0 saturated carbocycles. The van der Waals surface area contributed by atoms with Crippen molar-refractivity contribution in [2.45, 2.75) is 37.8 Å². The Morgan fingerprint density at radius 1 is 1.20 bits per heavy atom. The number of hydrogen-bond donors (Lipinski definition) is 3. The van der Waals surface area contributed by atoms with Gasteiger partial charge in [-0.2, -0.15) is 0 Å². The molecule has 0 saturated heterocycles. The molecule has 0 heterocycles. The van der Waals surface area contributed by atoms with Gasteiger partial charge in [-0.15, -0.1) is 0 Å². The van der Waals surface area contributed by atoms with E-state index in [1.807, 2.05) is 0 Å². The summed E-state index contributed by atoms with van der Waals surface area (Å²) in [6.45, 7) is 4.98. The van der Waals surface area contributed by atoms with E-state index < -0.39 is 10.0 Å². The summed E-state index contributed by atoms with van der Waals surface area (Å²) in [5, 5.41) is 11.4. The first-order valence-electron chi connectivity index (χ1n) is 6.30. The van der Waals surface area contributed by atoms with Crippen molar-refractivity contribution < 1.29 is 18.3 Å². The molecule has 1 amide bonds. The third kappa shape index (κ3) is 4.59. The molecule has 0 aromatic heterocycles. The zero-order valence-electron chi connectivity index (χ0n) is 11.8. The maximum atomic E-state index is 11.9. The van der Waals surface area contributed by atoms with Crippen molar-refractivity contribution in [2.24, 2.45) is 0 Å². The van der Waals surface area contributed by atoms with Crippen molar-refractivity contribution in [1.29, 1.82) is 0 Å².